The maximum Gasteiger partial charge on any atom is 0.338 e. The molecule has 30 heavy (non-hydrogen) atoms. The van der Waals surface area contributed by atoms with E-state index in [0.29, 0.717) is 31.4 Å². The summed E-state index contributed by atoms with van der Waals surface area (Å²) in [7, 11) is 0. The van der Waals surface area contributed by atoms with Gasteiger partial charge in [-0.3, -0.25) is 9.36 Å². The minimum absolute atomic E-state index is 0.227. The second kappa shape index (κ2) is 8.08. The van der Waals surface area contributed by atoms with Crippen LogP contribution in [0.2, 0.25) is 5.02 Å². The number of furan rings is 1. The Bertz CT molecular complexity index is 1330. The fourth-order valence-electron chi connectivity index (χ4n) is 3.41. The molecule has 0 unspecified atom stereocenters. The Morgan fingerprint density at radius 2 is 2.00 bits per heavy atom. The standard InChI is InChI=1S/C22H19ClN2O4S/c1-4-28-21(27)18-13(3)24-22-25(19(18)14-6-8-15(23)9-7-14)20(26)17(30-22)11-16-10-5-12(2)29-16/h5-11,19H,4H2,1-3H3/b17-11-/t19-/m0/s1. The maximum absolute atomic E-state index is 13.3. The smallest absolute Gasteiger partial charge is 0.338 e. The van der Waals surface area contributed by atoms with Gasteiger partial charge in [0.25, 0.3) is 5.56 Å². The van der Waals surface area contributed by atoms with Crippen LogP contribution in [0, 0.1) is 6.92 Å². The predicted octanol–water partition coefficient (Wildman–Crippen LogP) is 3.35. The van der Waals surface area contributed by atoms with E-state index in [1.807, 2.05) is 13.0 Å². The lowest BCUT2D eigenvalue weighted by atomic mass is 9.96. The first-order chi connectivity index (χ1) is 14.4. The van der Waals surface area contributed by atoms with Crippen molar-refractivity contribution >= 4 is 35.0 Å². The van der Waals surface area contributed by atoms with Crippen LogP contribution in [0.25, 0.3) is 6.08 Å². The predicted molar refractivity (Wildman–Crippen MR) is 115 cm³/mol. The van der Waals surface area contributed by atoms with E-state index >= 15 is 0 Å². The SMILES string of the molecule is CCOC(=O)C1=C(C)N=c2s/c(=C\c3ccc(C)o3)c(=O)n2[C@H]1c1ccc(Cl)cc1. The van der Waals surface area contributed by atoms with Crippen molar-refractivity contribution in [3.63, 3.8) is 0 Å². The molecule has 0 amide bonds. The van der Waals surface area contributed by atoms with E-state index in [4.69, 9.17) is 20.8 Å². The van der Waals surface area contributed by atoms with Crippen molar-refractivity contribution < 1.29 is 13.9 Å². The number of ether oxygens (including phenoxy) is 1. The van der Waals surface area contributed by atoms with Crippen molar-refractivity contribution in [1.82, 2.24) is 4.57 Å². The van der Waals surface area contributed by atoms with Gasteiger partial charge in [-0.15, -0.1) is 0 Å². The van der Waals surface area contributed by atoms with Crippen LogP contribution in [0.4, 0.5) is 0 Å². The second-order valence-corrected chi connectivity index (χ2v) is 8.25. The molecule has 2 aromatic heterocycles. The largest absolute Gasteiger partial charge is 0.463 e. The van der Waals surface area contributed by atoms with E-state index in [1.165, 1.54) is 15.9 Å². The van der Waals surface area contributed by atoms with Gasteiger partial charge in [-0.25, -0.2) is 9.79 Å². The van der Waals surface area contributed by atoms with Gasteiger partial charge >= 0.3 is 5.97 Å². The van der Waals surface area contributed by atoms with Crippen LogP contribution in [0.1, 0.15) is 37.0 Å². The van der Waals surface area contributed by atoms with Gasteiger partial charge in [0.05, 0.1) is 28.5 Å². The Morgan fingerprint density at radius 3 is 2.63 bits per heavy atom. The summed E-state index contributed by atoms with van der Waals surface area (Å²) in [5.41, 5.74) is 1.36. The molecule has 1 atom stereocenters. The molecule has 0 saturated carbocycles. The molecule has 0 spiro atoms. The molecule has 1 aromatic carbocycles. The Balaban J connectivity index is 1.96. The number of aryl methyl sites for hydroxylation is 1. The Kier molecular flexibility index (Phi) is 5.49. The van der Waals surface area contributed by atoms with Crippen LogP contribution in [0.5, 0.6) is 0 Å². The Labute approximate surface area is 181 Å². The zero-order valence-corrected chi connectivity index (χ0v) is 18.2. The van der Waals surface area contributed by atoms with E-state index in [2.05, 4.69) is 4.99 Å². The van der Waals surface area contributed by atoms with Crippen LogP contribution < -0.4 is 14.9 Å². The fourth-order valence-corrected chi connectivity index (χ4v) is 4.56. The van der Waals surface area contributed by atoms with Crippen molar-refractivity contribution in [2.24, 2.45) is 4.99 Å². The van der Waals surface area contributed by atoms with Crippen molar-refractivity contribution in [3.05, 3.63) is 89.5 Å². The second-order valence-electron chi connectivity index (χ2n) is 6.80. The lowest BCUT2D eigenvalue weighted by molar-refractivity contribution is -0.139. The molecule has 0 aliphatic carbocycles. The van der Waals surface area contributed by atoms with Crippen molar-refractivity contribution in [2.75, 3.05) is 6.61 Å². The molecule has 154 valence electrons. The number of allylic oxidation sites excluding steroid dienone is 1. The summed E-state index contributed by atoms with van der Waals surface area (Å²) in [5, 5.41) is 0.567. The van der Waals surface area contributed by atoms with Gasteiger partial charge in [-0.05, 0) is 50.6 Å². The van der Waals surface area contributed by atoms with E-state index in [-0.39, 0.29) is 12.2 Å². The van der Waals surface area contributed by atoms with Crippen LogP contribution >= 0.6 is 22.9 Å². The number of halogens is 1. The number of thiazole rings is 1. The maximum atomic E-state index is 13.3. The third-order valence-electron chi connectivity index (χ3n) is 4.74. The highest BCUT2D eigenvalue weighted by molar-refractivity contribution is 7.07. The van der Waals surface area contributed by atoms with E-state index < -0.39 is 12.0 Å². The van der Waals surface area contributed by atoms with Gasteiger partial charge < -0.3 is 9.15 Å². The summed E-state index contributed by atoms with van der Waals surface area (Å²) in [6, 6.07) is 10.1. The lowest BCUT2D eigenvalue weighted by Gasteiger charge is -2.24. The molecule has 0 N–H and O–H groups in total. The van der Waals surface area contributed by atoms with E-state index in [9.17, 15) is 9.59 Å². The van der Waals surface area contributed by atoms with Crippen LogP contribution in [0.3, 0.4) is 0 Å². The van der Waals surface area contributed by atoms with Crippen molar-refractivity contribution in [2.45, 2.75) is 26.8 Å². The number of hydrogen-bond donors (Lipinski definition) is 0. The topological polar surface area (TPSA) is 73.8 Å². The number of rotatable bonds is 4. The molecule has 6 nitrogen and oxygen atoms in total. The third-order valence-corrected chi connectivity index (χ3v) is 5.97. The number of hydrogen-bond acceptors (Lipinski definition) is 6. The zero-order valence-electron chi connectivity index (χ0n) is 16.6. The number of aromatic nitrogens is 1. The Morgan fingerprint density at radius 1 is 1.27 bits per heavy atom. The van der Waals surface area contributed by atoms with Crippen molar-refractivity contribution in [3.8, 4) is 0 Å². The number of carbonyl (C=O) groups is 1. The van der Waals surface area contributed by atoms with Crippen LogP contribution in [-0.2, 0) is 9.53 Å². The average Bonchev–Trinajstić information content (AvgIpc) is 3.24. The van der Waals surface area contributed by atoms with Gasteiger partial charge in [-0.2, -0.15) is 0 Å². The number of nitrogens with zero attached hydrogens (tertiary/aromatic N) is 2. The Hall–Kier alpha value is -2.90. The quantitative estimate of drug-likeness (QED) is 0.581. The number of carbonyl (C=O) groups excluding carboxylic acids is 1. The molecule has 1 aliphatic rings. The minimum Gasteiger partial charge on any atom is -0.463 e. The molecule has 0 bridgehead atoms. The molecule has 3 aromatic rings. The number of fused-ring (bicyclic) bond motifs is 1. The lowest BCUT2D eigenvalue weighted by Crippen LogP contribution is -2.39. The van der Waals surface area contributed by atoms with Gasteiger partial charge in [0.15, 0.2) is 4.80 Å². The first-order valence-corrected chi connectivity index (χ1v) is 10.6. The van der Waals surface area contributed by atoms with E-state index in [0.717, 1.165) is 11.3 Å². The van der Waals surface area contributed by atoms with Crippen LogP contribution in [0.15, 0.2) is 61.9 Å². The minimum atomic E-state index is -0.655. The molecule has 1 aliphatic heterocycles. The first kappa shape index (κ1) is 20.4. The monoisotopic (exact) mass is 442 g/mol. The highest BCUT2D eigenvalue weighted by atomic mass is 35.5. The molecule has 8 heteroatoms. The number of benzene rings is 1. The molecule has 0 radical (unpaired) electrons. The summed E-state index contributed by atoms with van der Waals surface area (Å²) < 4.78 is 12.9. The molecule has 3 heterocycles. The molecule has 4 rings (SSSR count). The highest BCUT2D eigenvalue weighted by Crippen LogP contribution is 2.31. The molecular weight excluding hydrogens is 424 g/mol. The molecule has 0 fully saturated rings. The number of esters is 1. The van der Waals surface area contributed by atoms with Gasteiger partial charge in [0.2, 0.25) is 0 Å². The highest BCUT2D eigenvalue weighted by Gasteiger charge is 2.33. The van der Waals surface area contributed by atoms with Gasteiger partial charge in [-0.1, -0.05) is 35.1 Å². The van der Waals surface area contributed by atoms with E-state index in [1.54, 1.807) is 50.3 Å². The fraction of sp³-hybridized carbons (Fsp3) is 0.227. The van der Waals surface area contributed by atoms with Crippen molar-refractivity contribution in [1.29, 1.82) is 0 Å². The summed E-state index contributed by atoms with van der Waals surface area (Å²) in [4.78, 5) is 31.2. The zero-order chi connectivity index (χ0) is 21.4. The molecule has 0 saturated heterocycles. The normalized spacial score (nSPS) is 16.4. The van der Waals surface area contributed by atoms with Gasteiger partial charge in [0.1, 0.15) is 11.5 Å². The first-order valence-electron chi connectivity index (χ1n) is 9.40. The summed E-state index contributed by atoms with van der Waals surface area (Å²) in [6.45, 7) is 5.56. The van der Waals surface area contributed by atoms with Gasteiger partial charge in [0, 0.05) is 11.1 Å². The average molecular weight is 443 g/mol. The summed E-state index contributed by atoms with van der Waals surface area (Å²) in [6.07, 6.45) is 1.69. The summed E-state index contributed by atoms with van der Waals surface area (Å²) in [5.74, 6) is 0.852. The molecular formula is C22H19ClN2O4S. The summed E-state index contributed by atoms with van der Waals surface area (Å²) >= 11 is 7.31. The van der Waals surface area contributed by atoms with Crippen LogP contribution in [-0.4, -0.2) is 17.1 Å². The third kappa shape index (κ3) is 3.66.